The zero-order valence-corrected chi connectivity index (χ0v) is 18.7. The van der Waals surface area contributed by atoms with Crippen LogP contribution in [0, 0.1) is 6.92 Å². The highest BCUT2D eigenvalue weighted by atomic mass is 16.5. The maximum absolute atomic E-state index is 12.6. The molecule has 162 valence electrons. The number of ketones is 1. The predicted molar refractivity (Wildman–Crippen MR) is 120 cm³/mol. The number of aryl methyl sites for hydroxylation is 3. The van der Waals surface area contributed by atoms with Crippen LogP contribution in [0.1, 0.15) is 79.9 Å². The first-order valence-corrected chi connectivity index (χ1v) is 10.9. The molecule has 0 amide bonds. The summed E-state index contributed by atoms with van der Waals surface area (Å²) in [6.45, 7) is 7.15. The molecule has 0 atom stereocenters. The number of benzene rings is 2. The summed E-state index contributed by atoms with van der Waals surface area (Å²) in [6, 6.07) is 13.7. The van der Waals surface area contributed by atoms with Crippen LogP contribution in [0.4, 0.5) is 0 Å². The number of hydrogen-bond donors (Lipinski definition) is 1. The summed E-state index contributed by atoms with van der Waals surface area (Å²) in [5, 5.41) is 9.22. The third-order valence-corrected chi connectivity index (χ3v) is 5.36. The van der Waals surface area contributed by atoms with E-state index in [2.05, 4.69) is 19.1 Å². The molecule has 0 bridgehead atoms. The van der Waals surface area contributed by atoms with Gasteiger partial charge in [0.25, 0.3) is 0 Å². The molecule has 2 rings (SSSR count). The lowest BCUT2D eigenvalue weighted by atomic mass is 9.99. The van der Waals surface area contributed by atoms with Gasteiger partial charge in [-0.3, -0.25) is 4.79 Å². The van der Waals surface area contributed by atoms with E-state index in [9.17, 15) is 14.7 Å². The van der Waals surface area contributed by atoms with E-state index in [1.54, 1.807) is 6.07 Å². The molecule has 0 heterocycles. The average molecular weight is 411 g/mol. The van der Waals surface area contributed by atoms with E-state index in [-0.39, 0.29) is 5.78 Å². The molecule has 0 unspecified atom stereocenters. The Morgan fingerprint density at radius 3 is 2.20 bits per heavy atom. The lowest BCUT2D eigenvalue weighted by molar-refractivity contribution is -0.152. The minimum atomic E-state index is -1.29. The molecule has 30 heavy (non-hydrogen) atoms. The number of hydrogen-bond acceptors (Lipinski definition) is 3. The summed E-state index contributed by atoms with van der Waals surface area (Å²) in [5.41, 5.74) is 2.66. The van der Waals surface area contributed by atoms with Gasteiger partial charge in [0.05, 0.1) is 0 Å². The Bertz CT molecular complexity index is 850. The maximum atomic E-state index is 12.6. The summed E-state index contributed by atoms with van der Waals surface area (Å²) >= 11 is 0. The maximum Gasteiger partial charge on any atom is 0.347 e. The lowest BCUT2D eigenvalue weighted by Crippen LogP contribution is -2.38. The summed E-state index contributed by atoms with van der Waals surface area (Å²) < 4.78 is 5.63. The van der Waals surface area contributed by atoms with Gasteiger partial charge in [-0.15, -0.1) is 0 Å². The highest BCUT2D eigenvalue weighted by molar-refractivity contribution is 5.96. The van der Waals surface area contributed by atoms with Crippen molar-refractivity contribution in [1.82, 2.24) is 0 Å². The van der Waals surface area contributed by atoms with Crippen LogP contribution < -0.4 is 4.74 Å². The Morgan fingerprint density at radius 1 is 0.933 bits per heavy atom. The molecule has 1 N–H and O–H groups in total. The van der Waals surface area contributed by atoms with Crippen LogP contribution in [0.2, 0.25) is 0 Å². The molecule has 4 nitrogen and oxygen atoms in total. The molecule has 0 spiro atoms. The number of Topliss-reactive ketones (excluding diaryl/α,β-unsaturated/α-hetero) is 1. The minimum absolute atomic E-state index is 0.137. The van der Waals surface area contributed by atoms with Crippen LogP contribution in [-0.2, 0) is 17.6 Å². The zero-order chi connectivity index (χ0) is 22.1. The van der Waals surface area contributed by atoms with Crippen LogP contribution in [0.15, 0.2) is 42.5 Å². The molecular formula is C26H34O4. The fourth-order valence-electron chi connectivity index (χ4n) is 3.32. The minimum Gasteiger partial charge on any atom is -0.478 e. The molecule has 0 aromatic heterocycles. The van der Waals surface area contributed by atoms with E-state index in [1.165, 1.54) is 45.1 Å². The number of carbonyl (C=O) groups is 2. The van der Waals surface area contributed by atoms with Gasteiger partial charge in [0.15, 0.2) is 11.4 Å². The van der Waals surface area contributed by atoms with E-state index in [0.717, 1.165) is 23.1 Å². The van der Waals surface area contributed by atoms with Gasteiger partial charge in [-0.2, -0.15) is 0 Å². The summed E-state index contributed by atoms with van der Waals surface area (Å²) in [7, 11) is 0. The van der Waals surface area contributed by atoms with E-state index >= 15 is 0 Å². The van der Waals surface area contributed by atoms with E-state index < -0.39 is 11.6 Å². The van der Waals surface area contributed by atoms with Crippen molar-refractivity contribution in [2.24, 2.45) is 0 Å². The van der Waals surface area contributed by atoms with Crippen molar-refractivity contribution in [3.8, 4) is 5.75 Å². The third-order valence-electron chi connectivity index (χ3n) is 5.36. The quantitative estimate of drug-likeness (QED) is 0.335. The van der Waals surface area contributed by atoms with Gasteiger partial charge in [-0.25, -0.2) is 4.79 Å². The predicted octanol–water partition coefficient (Wildman–Crippen LogP) is 6.18. The number of carboxylic acids is 1. The number of unbranched alkanes of at least 4 members (excludes halogenated alkanes) is 3. The monoisotopic (exact) mass is 410 g/mol. The van der Waals surface area contributed by atoms with Gasteiger partial charge in [0.2, 0.25) is 0 Å². The Balaban J connectivity index is 1.90. The number of aliphatic carboxylic acids is 1. The standard InChI is InChI=1S/C26H34O4/c1-5-6-7-8-9-20-10-14-22(15-11-20)23(27)16-12-21-13-17-24(19(2)18-21)30-26(3,4)25(28)29/h10-11,13-15,17-18H,5-9,12,16H2,1-4H3,(H,28,29). The highest BCUT2D eigenvalue weighted by Gasteiger charge is 2.29. The number of rotatable bonds is 12. The van der Waals surface area contributed by atoms with Gasteiger partial charge < -0.3 is 9.84 Å². The van der Waals surface area contributed by atoms with Gasteiger partial charge in [0.1, 0.15) is 5.75 Å². The molecule has 4 heteroatoms. The first kappa shape index (κ1) is 23.7. The fourth-order valence-corrected chi connectivity index (χ4v) is 3.32. The largest absolute Gasteiger partial charge is 0.478 e. The molecule has 0 saturated heterocycles. The molecule has 0 aliphatic rings. The normalized spacial score (nSPS) is 11.3. The lowest BCUT2D eigenvalue weighted by Gasteiger charge is -2.23. The topological polar surface area (TPSA) is 63.6 Å². The number of carbonyl (C=O) groups excluding carboxylic acids is 1. The Labute approximate surface area is 180 Å². The molecule has 0 aliphatic carbocycles. The Morgan fingerprint density at radius 2 is 1.60 bits per heavy atom. The van der Waals surface area contributed by atoms with Crippen molar-refractivity contribution >= 4 is 11.8 Å². The summed E-state index contributed by atoms with van der Waals surface area (Å²) in [5.74, 6) is -0.326. The SMILES string of the molecule is CCCCCCc1ccc(C(=O)CCc2ccc(OC(C)(C)C(=O)O)c(C)c2)cc1. The zero-order valence-electron chi connectivity index (χ0n) is 18.7. The van der Waals surface area contributed by atoms with Gasteiger partial charge >= 0.3 is 5.97 Å². The second kappa shape index (κ2) is 11.0. The molecule has 0 saturated carbocycles. The van der Waals surface area contributed by atoms with Crippen LogP contribution in [0.25, 0.3) is 0 Å². The van der Waals surface area contributed by atoms with E-state index in [4.69, 9.17) is 4.74 Å². The van der Waals surface area contributed by atoms with Crippen LogP contribution in [0.5, 0.6) is 5.75 Å². The fraction of sp³-hybridized carbons (Fsp3) is 0.462. The first-order valence-electron chi connectivity index (χ1n) is 10.9. The molecule has 0 aliphatic heterocycles. The van der Waals surface area contributed by atoms with Crippen LogP contribution in [0.3, 0.4) is 0 Å². The van der Waals surface area contributed by atoms with E-state index in [1.807, 2.05) is 31.2 Å². The Hall–Kier alpha value is -2.62. The highest BCUT2D eigenvalue weighted by Crippen LogP contribution is 2.25. The van der Waals surface area contributed by atoms with Gasteiger partial charge in [0, 0.05) is 12.0 Å². The van der Waals surface area contributed by atoms with Crippen molar-refractivity contribution < 1.29 is 19.4 Å². The second-order valence-corrected chi connectivity index (χ2v) is 8.45. The van der Waals surface area contributed by atoms with Crippen LogP contribution in [-0.4, -0.2) is 22.5 Å². The smallest absolute Gasteiger partial charge is 0.347 e. The van der Waals surface area contributed by atoms with Crippen molar-refractivity contribution in [1.29, 1.82) is 0 Å². The average Bonchev–Trinajstić information content (AvgIpc) is 2.71. The molecule has 2 aromatic carbocycles. The first-order chi connectivity index (χ1) is 14.2. The Kier molecular flexibility index (Phi) is 8.64. The number of ether oxygens (including phenoxy) is 1. The van der Waals surface area contributed by atoms with Crippen molar-refractivity contribution in [2.45, 2.75) is 78.2 Å². The van der Waals surface area contributed by atoms with Crippen LogP contribution >= 0.6 is 0 Å². The summed E-state index contributed by atoms with van der Waals surface area (Å²) in [6.07, 6.45) is 7.12. The summed E-state index contributed by atoms with van der Waals surface area (Å²) in [4.78, 5) is 23.8. The molecular weight excluding hydrogens is 376 g/mol. The number of carboxylic acid groups (broad SMARTS) is 1. The van der Waals surface area contributed by atoms with Gasteiger partial charge in [-0.1, -0.05) is 62.6 Å². The molecule has 0 radical (unpaired) electrons. The van der Waals surface area contributed by atoms with Gasteiger partial charge in [-0.05, 0) is 62.8 Å². The van der Waals surface area contributed by atoms with E-state index in [0.29, 0.717) is 18.6 Å². The van der Waals surface area contributed by atoms with Crippen molar-refractivity contribution in [2.75, 3.05) is 0 Å². The second-order valence-electron chi connectivity index (χ2n) is 8.45. The molecule has 2 aromatic rings. The molecule has 0 fully saturated rings. The van der Waals surface area contributed by atoms with Crippen molar-refractivity contribution in [3.05, 3.63) is 64.7 Å². The third kappa shape index (κ3) is 7.01. The van der Waals surface area contributed by atoms with Crippen molar-refractivity contribution in [3.63, 3.8) is 0 Å².